The number of amides is 1. The Morgan fingerprint density at radius 1 is 1.43 bits per heavy atom. The zero-order chi connectivity index (χ0) is 15.2. The summed E-state index contributed by atoms with van der Waals surface area (Å²) in [7, 11) is 0. The SMILES string of the molecule is CCN(CC)CN1CCC/C(=C(/O)c2cccnc2)C1=O. The Morgan fingerprint density at radius 3 is 2.81 bits per heavy atom. The van der Waals surface area contributed by atoms with Crippen molar-refractivity contribution < 1.29 is 9.90 Å². The molecule has 0 aromatic carbocycles. The van der Waals surface area contributed by atoms with Crippen LogP contribution in [0.15, 0.2) is 30.1 Å². The van der Waals surface area contributed by atoms with Gasteiger partial charge in [0.1, 0.15) is 5.76 Å². The fourth-order valence-electron chi connectivity index (χ4n) is 2.54. The van der Waals surface area contributed by atoms with Gasteiger partial charge in [0.2, 0.25) is 0 Å². The van der Waals surface area contributed by atoms with E-state index in [1.165, 1.54) is 0 Å². The molecule has 2 heterocycles. The van der Waals surface area contributed by atoms with Gasteiger partial charge in [0, 0.05) is 24.5 Å². The summed E-state index contributed by atoms with van der Waals surface area (Å²) in [6.07, 6.45) is 4.73. The molecule has 5 heteroatoms. The molecule has 2 rings (SSSR count). The van der Waals surface area contributed by atoms with Crippen molar-refractivity contribution in [1.82, 2.24) is 14.8 Å². The Bertz CT molecular complexity index is 510. The summed E-state index contributed by atoms with van der Waals surface area (Å²) in [5.41, 5.74) is 1.10. The highest BCUT2D eigenvalue weighted by Gasteiger charge is 2.27. The van der Waals surface area contributed by atoms with Gasteiger partial charge in [-0.2, -0.15) is 0 Å². The van der Waals surface area contributed by atoms with Crippen molar-refractivity contribution >= 4 is 11.7 Å². The number of aliphatic hydroxyl groups excluding tert-OH is 1. The monoisotopic (exact) mass is 289 g/mol. The number of carbonyl (C=O) groups is 1. The largest absolute Gasteiger partial charge is 0.507 e. The van der Waals surface area contributed by atoms with Crippen molar-refractivity contribution in [2.24, 2.45) is 0 Å². The molecule has 0 atom stereocenters. The van der Waals surface area contributed by atoms with E-state index in [0.29, 0.717) is 24.2 Å². The van der Waals surface area contributed by atoms with E-state index in [9.17, 15) is 9.90 Å². The summed E-state index contributed by atoms with van der Waals surface area (Å²) in [4.78, 5) is 20.6. The number of aromatic nitrogens is 1. The van der Waals surface area contributed by atoms with Crippen LogP contribution in [0.3, 0.4) is 0 Å². The highest BCUT2D eigenvalue weighted by atomic mass is 16.3. The first-order valence-corrected chi connectivity index (χ1v) is 7.51. The molecule has 1 aliphatic heterocycles. The third-order valence-corrected chi connectivity index (χ3v) is 3.89. The molecule has 1 aromatic heterocycles. The number of rotatable bonds is 5. The molecule has 0 aliphatic carbocycles. The van der Waals surface area contributed by atoms with Crippen molar-refractivity contribution in [3.8, 4) is 0 Å². The zero-order valence-corrected chi connectivity index (χ0v) is 12.7. The van der Waals surface area contributed by atoms with Crippen LogP contribution in [0.5, 0.6) is 0 Å². The lowest BCUT2D eigenvalue weighted by Crippen LogP contribution is -2.44. The molecule has 1 N–H and O–H groups in total. The van der Waals surface area contributed by atoms with Crippen LogP contribution in [0.25, 0.3) is 5.76 Å². The van der Waals surface area contributed by atoms with Gasteiger partial charge < -0.3 is 10.0 Å². The molecule has 114 valence electrons. The quantitative estimate of drug-likeness (QED) is 0.667. The summed E-state index contributed by atoms with van der Waals surface area (Å²) in [5.74, 6) is 0.00634. The Balaban J connectivity index is 2.19. The predicted molar refractivity (Wildman–Crippen MR) is 82.5 cm³/mol. The molecular weight excluding hydrogens is 266 g/mol. The van der Waals surface area contributed by atoms with Crippen molar-refractivity contribution in [1.29, 1.82) is 0 Å². The lowest BCUT2D eigenvalue weighted by molar-refractivity contribution is -0.130. The maximum absolute atomic E-state index is 12.6. The third kappa shape index (κ3) is 3.61. The van der Waals surface area contributed by atoms with Crippen molar-refractivity contribution in [2.45, 2.75) is 26.7 Å². The molecule has 0 radical (unpaired) electrons. The van der Waals surface area contributed by atoms with Gasteiger partial charge in [0.25, 0.3) is 5.91 Å². The number of likely N-dealkylation sites (tertiary alicyclic amines) is 1. The van der Waals surface area contributed by atoms with E-state index in [1.807, 2.05) is 4.90 Å². The molecule has 1 fully saturated rings. The average molecular weight is 289 g/mol. The minimum absolute atomic E-state index is 0.0606. The number of piperidine rings is 1. The van der Waals surface area contributed by atoms with E-state index in [-0.39, 0.29) is 11.7 Å². The van der Waals surface area contributed by atoms with E-state index < -0.39 is 0 Å². The van der Waals surface area contributed by atoms with E-state index in [0.717, 1.165) is 26.1 Å². The van der Waals surface area contributed by atoms with Crippen LogP contribution in [-0.4, -0.2) is 52.1 Å². The van der Waals surface area contributed by atoms with Crippen LogP contribution in [0.1, 0.15) is 32.3 Å². The molecule has 21 heavy (non-hydrogen) atoms. The fraction of sp³-hybridized carbons (Fsp3) is 0.500. The van der Waals surface area contributed by atoms with Crippen LogP contribution in [0.2, 0.25) is 0 Å². The fourth-order valence-corrected chi connectivity index (χ4v) is 2.54. The highest BCUT2D eigenvalue weighted by molar-refractivity contribution is 6.00. The van der Waals surface area contributed by atoms with E-state index in [1.54, 1.807) is 24.5 Å². The Labute approximate surface area is 125 Å². The number of carbonyl (C=O) groups excluding carboxylic acids is 1. The summed E-state index contributed by atoms with van der Waals surface area (Å²) in [5, 5.41) is 10.4. The van der Waals surface area contributed by atoms with E-state index in [4.69, 9.17) is 0 Å². The Morgan fingerprint density at radius 2 is 2.19 bits per heavy atom. The molecule has 0 spiro atoms. The maximum Gasteiger partial charge on any atom is 0.254 e. The zero-order valence-electron chi connectivity index (χ0n) is 12.7. The van der Waals surface area contributed by atoms with Crippen LogP contribution in [0, 0.1) is 0 Å². The van der Waals surface area contributed by atoms with Gasteiger partial charge >= 0.3 is 0 Å². The summed E-state index contributed by atoms with van der Waals surface area (Å²) < 4.78 is 0. The first kappa shape index (κ1) is 15.5. The topological polar surface area (TPSA) is 56.7 Å². The van der Waals surface area contributed by atoms with Crippen molar-refractivity contribution in [2.75, 3.05) is 26.3 Å². The second-order valence-electron chi connectivity index (χ2n) is 5.19. The molecule has 0 unspecified atom stereocenters. The van der Waals surface area contributed by atoms with E-state index >= 15 is 0 Å². The minimum atomic E-state index is -0.0606. The molecule has 1 saturated heterocycles. The van der Waals surface area contributed by atoms with Crippen LogP contribution >= 0.6 is 0 Å². The smallest absolute Gasteiger partial charge is 0.254 e. The highest BCUT2D eigenvalue weighted by Crippen LogP contribution is 2.24. The van der Waals surface area contributed by atoms with Gasteiger partial charge in [0.05, 0.1) is 12.2 Å². The third-order valence-electron chi connectivity index (χ3n) is 3.89. The lowest BCUT2D eigenvalue weighted by Gasteiger charge is -2.33. The summed E-state index contributed by atoms with van der Waals surface area (Å²) >= 11 is 0. The summed E-state index contributed by atoms with van der Waals surface area (Å²) in [6.45, 7) is 7.36. The molecule has 1 amide bonds. The molecule has 1 aliphatic rings. The van der Waals surface area contributed by atoms with Crippen LogP contribution in [-0.2, 0) is 4.79 Å². The standard InChI is InChI=1S/C16H23N3O2/c1-3-18(4-2)12-19-10-6-8-14(16(19)21)15(20)13-7-5-9-17-11-13/h5,7,9,11,20H,3-4,6,8,10,12H2,1-2H3/b15-14-. The number of pyridine rings is 1. The second kappa shape index (κ2) is 7.22. The van der Waals surface area contributed by atoms with Gasteiger partial charge in [-0.05, 0) is 38.1 Å². The Hall–Kier alpha value is -1.88. The van der Waals surface area contributed by atoms with Gasteiger partial charge in [-0.15, -0.1) is 0 Å². The maximum atomic E-state index is 12.6. The predicted octanol–water partition coefficient (Wildman–Crippen LogP) is 2.27. The van der Waals surface area contributed by atoms with E-state index in [2.05, 4.69) is 23.7 Å². The number of hydrogen-bond acceptors (Lipinski definition) is 4. The van der Waals surface area contributed by atoms with Gasteiger partial charge in [-0.25, -0.2) is 0 Å². The average Bonchev–Trinajstić information content (AvgIpc) is 2.54. The normalized spacial score (nSPS) is 18.2. The number of hydrogen-bond donors (Lipinski definition) is 1. The van der Waals surface area contributed by atoms with Gasteiger partial charge in [-0.1, -0.05) is 13.8 Å². The molecule has 1 aromatic rings. The summed E-state index contributed by atoms with van der Waals surface area (Å²) in [6, 6.07) is 3.53. The Kier molecular flexibility index (Phi) is 5.33. The minimum Gasteiger partial charge on any atom is -0.507 e. The molecular formula is C16H23N3O2. The molecule has 0 saturated carbocycles. The lowest BCUT2D eigenvalue weighted by atomic mass is 10.00. The second-order valence-corrected chi connectivity index (χ2v) is 5.19. The number of nitrogens with zero attached hydrogens (tertiary/aromatic N) is 3. The first-order valence-electron chi connectivity index (χ1n) is 7.51. The van der Waals surface area contributed by atoms with Crippen LogP contribution < -0.4 is 0 Å². The molecule has 5 nitrogen and oxygen atoms in total. The van der Waals surface area contributed by atoms with Gasteiger partial charge in [-0.3, -0.25) is 14.7 Å². The first-order chi connectivity index (χ1) is 10.2. The molecule has 0 bridgehead atoms. The number of aliphatic hydroxyl groups is 1. The van der Waals surface area contributed by atoms with Crippen molar-refractivity contribution in [3.05, 3.63) is 35.7 Å². The van der Waals surface area contributed by atoms with Crippen LogP contribution in [0.4, 0.5) is 0 Å². The van der Waals surface area contributed by atoms with Crippen molar-refractivity contribution in [3.63, 3.8) is 0 Å². The van der Waals surface area contributed by atoms with Gasteiger partial charge in [0.15, 0.2) is 0 Å².